The largest absolute Gasteiger partial charge is 0.361 e. The van der Waals surface area contributed by atoms with Crippen LogP contribution in [0.3, 0.4) is 0 Å². The molecule has 2 aromatic heterocycles. The maximum atomic E-state index is 12.9. The molecule has 0 amide bonds. The van der Waals surface area contributed by atoms with Crippen LogP contribution < -0.4 is 10.9 Å². The van der Waals surface area contributed by atoms with Crippen molar-refractivity contribution in [3.8, 4) is 0 Å². The minimum atomic E-state index is 0.131. The van der Waals surface area contributed by atoms with E-state index in [9.17, 15) is 4.79 Å². The van der Waals surface area contributed by atoms with Gasteiger partial charge in [-0.15, -0.1) is 0 Å². The lowest BCUT2D eigenvalue weighted by Crippen LogP contribution is -2.36. The number of rotatable bonds is 4. The number of H-pyrrole nitrogens is 1. The molecular weight excluding hydrogens is 362 g/mol. The van der Waals surface area contributed by atoms with E-state index in [-0.39, 0.29) is 5.56 Å². The van der Waals surface area contributed by atoms with Crippen molar-refractivity contribution in [2.75, 3.05) is 31.5 Å². The predicted octanol–water partition coefficient (Wildman–Crippen LogP) is 3.18. The fourth-order valence-electron chi connectivity index (χ4n) is 4.53. The fraction of sp³-hybridized carbons (Fsp3) is 0.391. The number of nitrogens with one attached hydrogen (secondary N) is 2. The number of aromatic nitrogens is 3. The third kappa shape index (κ3) is 3.38. The first-order valence-corrected chi connectivity index (χ1v) is 10.5. The summed E-state index contributed by atoms with van der Waals surface area (Å²) in [6.07, 6.45) is 7.24. The Morgan fingerprint density at radius 1 is 1.21 bits per heavy atom. The molecule has 0 bridgehead atoms. The van der Waals surface area contributed by atoms with Gasteiger partial charge >= 0.3 is 0 Å². The minimum absolute atomic E-state index is 0.131. The highest BCUT2D eigenvalue weighted by atomic mass is 16.1. The third-order valence-corrected chi connectivity index (χ3v) is 6.22. The zero-order chi connectivity index (χ0) is 19.8. The van der Waals surface area contributed by atoms with Crippen LogP contribution in [0.1, 0.15) is 29.7 Å². The molecule has 6 heteroatoms. The summed E-state index contributed by atoms with van der Waals surface area (Å²) in [4.78, 5) is 23.3. The average Bonchev–Trinajstić information content (AvgIpc) is 3.18. The molecule has 0 saturated carbocycles. The van der Waals surface area contributed by atoms with Crippen molar-refractivity contribution in [2.45, 2.75) is 32.7 Å². The van der Waals surface area contributed by atoms with Gasteiger partial charge in [0.25, 0.3) is 5.56 Å². The Bertz CT molecular complexity index is 1140. The topological polar surface area (TPSA) is 66.0 Å². The number of hydrogen-bond acceptors (Lipinski definition) is 4. The number of para-hydroxylation sites is 1. The molecule has 3 aromatic rings. The molecule has 0 radical (unpaired) electrons. The van der Waals surface area contributed by atoms with E-state index in [1.165, 1.54) is 22.0 Å². The second kappa shape index (κ2) is 7.52. The third-order valence-electron chi connectivity index (χ3n) is 6.22. The number of hydrogen-bond donors (Lipinski definition) is 2. The van der Waals surface area contributed by atoms with Crippen LogP contribution in [-0.4, -0.2) is 45.6 Å². The number of aromatic amines is 1. The van der Waals surface area contributed by atoms with E-state index in [4.69, 9.17) is 0 Å². The van der Waals surface area contributed by atoms with Gasteiger partial charge in [-0.3, -0.25) is 14.3 Å². The highest BCUT2D eigenvalue weighted by molar-refractivity contribution is 5.92. The van der Waals surface area contributed by atoms with E-state index in [0.29, 0.717) is 0 Å². The van der Waals surface area contributed by atoms with E-state index in [1.54, 1.807) is 4.57 Å². The van der Waals surface area contributed by atoms with Gasteiger partial charge in [0.15, 0.2) is 0 Å². The summed E-state index contributed by atoms with van der Waals surface area (Å²) in [5, 5.41) is 4.53. The number of nitrogens with zero attached hydrogens (tertiary/aromatic N) is 3. The molecule has 0 saturated heterocycles. The van der Waals surface area contributed by atoms with Gasteiger partial charge in [0.2, 0.25) is 5.95 Å². The van der Waals surface area contributed by atoms with Crippen molar-refractivity contribution in [1.82, 2.24) is 19.4 Å². The summed E-state index contributed by atoms with van der Waals surface area (Å²) in [7, 11) is 0. The molecule has 2 N–H and O–H groups in total. The Morgan fingerprint density at radius 3 is 2.97 bits per heavy atom. The second-order valence-electron chi connectivity index (χ2n) is 8.01. The van der Waals surface area contributed by atoms with Crippen LogP contribution in [-0.2, 0) is 13.0 Å². The molecular formula is C23H27N5O. The number of fused-ring (bicyclic) bond motifs is 2. The van der Waals surface area contributed by atoms with Crippen LogP contribution in [0.2, 0.25) is 0 Å². The molecule has 0 fully saturated rings. The Balaban J connectivity index is 1.29. The average molecular weight is 390 g/mol. The smallest absolute Gasteiger partial charge is 0.258 e. The van der Waals surface area contributed by atoms with Crippen LogP contribution in [0.5, 0.6) is 0 Å². The molecule has 29 heavy (non-hydrogen) atoms. The highest BCUT2D eigenvalue weighted by Crippen LogP contribution is 2.29. The second-order valence-corrected chi connectivity index (χ2v) is 8.01. The molecule has 1 aromatic carbocycles. The zero-order valence-corrected chi connectivity index (χ0v) is 16.9. The molecule has 0 atom stereocenters. The summed E-state index contributed by atoms with van der Waals surface area (Å²) in [6, 6.07) is 8.47. The SMILES string of the molecule is Cc1nc2n(c(=O)c1CCN1CC=C(c3c[nH]c4ccccc34)CC1)CCCN2. The van der Waals surface area contributed by atoms with Crippen molar-refractivity contribution in [3.63, 3.8) is 0 Å². The normalized spacial score (nSPS) is 17.1. The number of benzene rings is 1. The van der Waals surface area contributed by atoms with Crippen LogP contribution in [0.25, 0.3) is 16.5 Å². The molecule has 0 spiro atoms. The molecule has 0 aliphatic carbocycles. The lowest BCUT2D eigenvalue weighted by molar-refractivity contribution is 0.305. The molecule has 2 aliphatic heterocycles. The van der Waals surface area contributed by atoms with Gasteiger partial charge in [0, 0.05) is 66.6 Å². The molecule has 150 valence electrons. The van der Waals surface area contributed by atoms with E-state index < -0.39 is 0 Å². The van der Waals surface area contributed by atoms with Crippen LogP contribution >= 0.6 is 0 Å². The summed E-state index contributed by atoms with van der Waals surface area (Å²) >= 11 is 0. The minimum Gasteiger partial charge on any atom is -0.361 e. The van der Waals surface area contributed by atoms with Crippen molar-refractivity contribution in [2.24, 2.45) is 0 Å². The summed E-state index contributed by atoms with van der Waals surface area (Å²) in [6.45, 7) is 6.45. The molecule has 0 unspecified atom stereocenters. The molecule has 4 heterocycles. The molecule has 5 rings (SSSR count). The first-order chi connectivity index (χ1) is 14.2. The van der Waals surface area contributed by atoms with Gasteiger partial charge < -0.3 is 10.3 Å². The van der Waals surface area contributed by atoms with Crippen molar-refractivity contribution < 1.29 is 0 Å². The highest BCUT2D eigenvalue weighted by Gasteiger charge is 2.19. The van der Waals surface area contributed by atoms with Gasteiger partial charge in [0.1, 0.15) is 0 Å². The fourth-order valence-corrected chi connectivity index (χ4v) is 4.53. The van der Waals surface area contributed by atoms with E-state index in [2.05, 4.69) is 56.7 Å². The standard InChI is InChI=1S/C23H27N5O/c1-16-18(22(29)28-11-4-10-24-23(28)26-16)9-14-27-12-7-17(8-13-27)20-15-25-21-6-3-2-5-19(20)21/h2-3,5-7,15,25H,4,8-14H2,1H3,(H,24,26). The van der Waals surface area contributed by atoms with E-state index in [0.717, 1.165) is 69.2 Å². The number of anilines is 1. The van der Waals surface area contributed by atoms with Crippen LogP contribution in [0.15, 0.2) is 41.3 Å². The van der Waals surface area contributed by atoms with Gasteiger partial charge in [-0.25, -0.2) is 4.98 Å². The van der Waals surface area contributed by atoms with Gasteiger partial charge in [-0.05, 0) is 37.8 Å². The summed E-state index contributed by atoms with van der Waals surface area (Å²) in [5.74, 6) is 0.728. The number of aryl methyl sites for hydroxylation is 1. The zero-order valence-electron chi connectivity index (χ0n) is 16.9. The quantitative estimate of drug-likeness (QED) is 0.719. The lowest BCUT2D eigenvalue weighted by atomic mass is 9.98. The van der Waals surface area contributed by atoms with Crippen molar-refractivity contribution in [3.05, 3.63) is 63.7 Å². The van der Waals surface area contributed by atoms with E-state index in [1.807, 2.05) is 6.92 Å². The van der Waals surface area contributed by atoms with Crippen LogP contribution in [0.4, 0.5) is 5.95 Å². The van der Waals surface area contributed by atoms with Crippen molar-refractivity contribution in [1.29, 1.82) is 0 Å². The maximum absolute atomic E-state index is 12.9. The van der Waals surface area contributed by atoms with Gasteiger partial charge in [-0.2, -0.15) is 0 Å². The van der Waals surface area contributed by atoms with Crippen LogP contribution in [0, 0.1) is 6.92 Å². The first kappa shape index (κ1) is 18.2. The summed E-state index contributed by atoms with van der Waals surface area (Å²) in [5.41, 5.74) is 5.78. The first-order valence-electron chi connectivity index (χ1n) is 10.5. The van der Waals surface area contributed by atoms with E-state index >= 15 is 0 Å². The molecule has 2 aliphatic rings. The van der Waals surface area contributed by atoms with Gasteiger partial charge in [-0.1, -0.05) is 24.3 Å². The Kier molecular flexibility index (Phi) is 4.72. The lowest BCUT2D eigenvalue weighted by Gasteiger charge is -2.27. The Morgan fingerprint density at radius 2 is 2.10 bits per heavy atom. The van der Waals surface area contributed by atoms with Gasteiger partial charge in [0.05, 0.1) is 0 Å². The van der Waals surface area contributed by atoms with Crippen molar-refractivity contribution >= 4 is 22.4 Å². The summed E-state index contributed by atoms with van der Waals surface area (Å²) < 4.78 is 1.80. The Labute approximate surface area is 170 Å². The molecule has 6 nitrogen and oxygen atoms in total. The Hall–Kier alpha value is -2.86. The predicted molar refractivity (Wildman–Crippen MR) is 117 cm³/mol. The monoisotopic (exact) mass is 389 g/mol. The maximum Gasteiger partial charge on any atom is 0.258 e.